The maximum Gasteiger partial charge on any atom is 0.178 e. The molecule has 0 aromatic heterocycles. The Kier molecular flexibility index (Phi) is 3.85. The van der Waals surface area contributed by atoms with Crippen LogP contribution in [0.1, 0.15) is 5.56 Å². The Balaban J connectivity index is 2.19. The normalized spacial score (nSPS) is 11.4. The number of aryl methyl sites for hydroxylation is 1. The molecule has 0 spiro atoms. The number of rotatable bonds is 4. The fourth-order valence-electron chi connectivity index (χ4n) is 1.78. The van der Waals surface area contributed by atoms with Crippen molar-refractivity contribution in [3.05, 3.63) is 59.9 Å². The molecule has 0 unspecified atom stereocenters. The number of nitrogen functional groups attached to an aromatic ring is 1. The summed E-state index contributed by atoms with van der Waals surface area (Å²) in [5.74, 6) is -0.710. The molecule has 100 valence electrons. The smallest absolute Gasteiger partial charge is 0.178 e. The summed E-state index contributed by atoms with van der Waals surface area (Å²) in [6, 6.07) is 12.6. The van der Waals surface area contributed by atoms with Crippen LogP contribution in [0.25, 0.3) is 0 Å². The van der Waals surface area contributed by atoms with Crippen LogP contribution in [0.5, 0.6) is 0 Å². The van der Waals surface area contributed by atoms with Gasteiger partial charge >= 0.3 is 0 Å². The predicted molar refractivity (Wildman–Crippen MR) is 73.0 cm³/mol. The largest absolute Gasteiger partial charge is 0.399 e. The van der Waals surface area contributed by atoms with E-state index >= 15 is 0 Å². The maximum absolute atomic E-state index is 13.2. The van der Waals surface area contributed by atoms with E-state index in [9.17, 15) is 12.8 Å². The van der Waals surface area contributed by atoms with Crippen LogP contribution in [0.4, 0.5) is 10.1 Å². The second-order valence-corrected chi connectivity index (χ2v) is 6.38. The molecule has 2 aromatic carbocycles. The molecule has 0 radical (unpaired) electrons. The summed E-state index contributed by atoms with van der Waals surface area (Å²) in [6.07, 6.45) is 0.388. The summed E-state index contributed by atoms with van der Waals surface area (Å²) in [4.78, 5) is -0.0686. The molecule has 0 bridgehead atoms. The van der Waals surface area contributed by atoms with Gasteiger partial charge < -0.3 is 5.73 Å². The van der Waals surface area contributed by atoms with Crippen molar-refractivity contribution in [1.29, 1.82) is 0 Å². The summed E-state index contributed by atoms with van der Waals surface area (Å²) >= 11 is 0. The number of nitrogens with two attached hydrogens (primary N) is 1. The van der Waals surface area contributed by atoms with Crippen molar-refractivity contribution in [2.75, 3.05) is 11.5 Å². The van der Waals surface area contributed by atoms with E-state index in [-0.39, 0.29) is 16.3 Å². The van der Waals surface area contributed by atoms with E-state index in [0.717, 1.165) is 17.7 Å². The second-order valence-electron chi connectivity index (χ2n) is 4.27. The number of hydrogen-bond donors (Lipinski definition) is 1. The van der Waals surface area contributed by atoms with Crippen LogP contribution in [0, 0.1) is 5.82 Å². The number of anilines is 1. The van der Waals surface area contributed by atoms with Crippen molar-refractivity contribution in [1.82, 2.24) is 0 Å². The first-order valence-corrected chi connectivity index (χ1v) is 7.45. The third-order valence-electron chi connectivity index (χ3n) is 2.76. The maximum atomic E-state index is 13.2. The minimum atomic E-state index is -3.52. The number of benzene rings is 2. The Labute approximate surface area is 111 Å². The third-order valence-corrected chi connectivity index (χ3v) is 4.45. The van der Waals surface area contributed by atoms with Crippen LogP contribution in [-0.4, -0.2) is 14.2 Å². The summed E-state index contributed by atoms with van der Waals surface area (Å²) < 4.78 is 37.4. The van der Waals surface area contributed by atoms with E-state index < -0.39 is 15.7 Å². The molecule has 0 saturated carbocycles. The summed E-state index contributed by atoms with van der Waals surface area (Å²) in [7, 11) is -3.52. The highest BCUT2D eigenvalue weighted by Crippen LogP contribution is 2.18. The average molecular weight is 279 g/mol. The zero-order valence-electron chi connectivity index (χ0n) is 10.2. The van der Waals surface area contributed by atoms with E-state index in [2.05, 4.69) is 0 Å². The molecule has 0 atom stereocenters. The minimum absolute atomic E-state index is 0.0686. The minimum Gasteiger partial charge on any atom is -0.399 e. The second kappa shape index (κ2) is 5.40. The molecule has 19 heavy (non-hydrogen) atoms. The highest BCUT2D eigenvalue weighted by molar-refractivity contribution is 7.91. The van der Waals surface area contributed by atoms with Gasteiger partial charge in [0.2, 0.25) is 0 Å². The topological polar surface area (TPSA) is 60.2 Å². The fraction of sp³-hybridized carbons (Fsp3) is 0.143. The first kappa shape index (κ1) is 13.5. The van der Waals surface area contributed by atoms with Gasteiger partial charge in [0.1, 0.15) is 5.82 Å². The van der Waals surface area contributed by atoms with E-state index in [1.807, 2.05) is 30.3 Å². The lowest BCUT2D eigenvalue weighted by Gasteiger charge is -2.06. The van der Waals surface area contributed by atoms with Crippen LogP contribution in [-0.2, 0) is 16.3 Å². The van der Waals surface area contributed by atoms with E-state index in [1.165, 1.54) is 6.07 Å². The molecule has 0 aliphatic heterocycles. The standard InChI is InChI=1S/C14H14FNO2S/c15-12-8-13(16)10-14(9-12)19(17,18)7-6-11-4-2-1-3-5-11/h1-5,8-10H,6-7,16H2. The van der Waals surface area contributed by atoms with Crippen molar-refractivity contribution < 1.29 is 12.8 Å². The Bertz CT molecular complexity index is 649. The fourth-order valence-corrected chi connectivity index (χ4v) is 3.13. The number of sulfone groups is 1. The first-order valence-electron chi connectivity index (χ1n) is 5.80. The molecule has 2 rings (SSSR count). The van der Waals surface area contributed by atoms with Crippen LogP contribution < -0.4 is 5.73 Å². The summed E-state index contributed by atoms with van der Waals surface area (Å²) in [6.45, 7) is 0. The highest BCUT2D eigenvalue weighted by atomic mass is 32.2. The Morgan fingerprint density at radius 3 is 2.37 bits per heavy atom. The van der Waals surface area contributed by atoms with Crippen molar-refractivity contribution in [2.45, 2.75) is 11.3 Å². The van der Waals surface area contributed by atoms with Crippen molar-refractivity contribution >= 4 is 15.5 Å². The molecule has 2 aromatic rings. The van der Waals surface area contributed by atoms with Gasteiger partial charge in [-0.3, -0.25) is 0 Å². The molecule has 5 heteroatoms. The van der Waals surface area contributed by atoms with Gasteiger partial charge in [0.25, 0.3) is 0 Å². The lowest BCUT2D eigenvalue weighted by molar-refractivity contribution is 0.590. The van der Waals surface area contributed by atoms with Gasteiger partial charge in [-0.25, -0.2) is 12.8 Å². The zero-order chi connectivity index (χ0) is 13.9. The Hall–Kier alpha value is -1.88. The molecule has 0 heterocycles. The lowest BCUT2D eigenvalue weighted by atomic mass is 10.2. The van der Waals surface area contributed by atoms with Gasteiger partial charge in [0.05, 0.1) is 10.6 Å². The SMILES string of the molecule is Nc1cc(F)cc(S(=O)(=O)CCc2ccccc2)c1. The van der Waals surface area contributed by atoms with Gasteiger partial charge in [-0.05, 0) is 30.2 Å². The summed E-state index contributed by atoms with van der Waals surface area (Å²) in [5.41, 5.74) is 6.49. The Morgan fingerprint density at radius 2 is 1.74 bits per heavy atom. The van der Waals surface area contributed by atoms with Gasteiger partial charge in [0, 0.05) is 5.69 Å². The molecule has 0 fully saturated rings. The lowest BCUT2D eigenvalue weighted by Crippen LogP contribution is -2.10. The van der Waals surface area contributed by atoms with E-state index in [0.29, 0.717) is 6.42 Å². The third kappa shape index (κ3) is 3.54. The van der Waals surface area contributed by atoms with Crippen molar-refractivity contribution in [3.8, 4) is 0 Å². The van der Waals surface area contributed by atoms with E-state index in [4.69, 9.17) is 5.73 Å². The monoisotopic (exact) mass is 279 g/mol. The summed E-state index contributed by atoms with van der Waals surface area (Å²) in [5, 5.41) is 0. The van der Waals surface area contributed by atoms with Gasteiger partial charge in [-0.1, -0.05) is 30.3 Å². The van der Waals surface area contributed by atoms with Crippen molar-refractivity contribution in [2.24, 2.45) is 0 Å². The first-order chi connectivity index (χ1) is 8.97. The average Bonchev–Trinajstić information content (AvgIpc) is 2.37. The quantitative estimate of drug-likeness (QED) is 0.874. The molecule has 0 aliphatic carbocycles. The van der Waals surface area contributed by atoms with Crippen LogP contribution >= 0.6 is 0 Å². The molecule has 0 aliphatic rings. The predicted octanol–water partition coefficient (Wildman–Crippen LogP) is 2.42. The van der Waals surface area contributed by atoms with Crippen molar-refractivity contribution in [3.63, 3.8) is 0 Å². The highest BCUT2D eigenvalue weighted by Gasteiger charge is 2.16. The van der Waals surface area contributed by atoms with Gasteiger partial charge in [-0.15, -0.1) is 0 Å². The molecule has 0 amide bonds. The Morgan fingerprint density at radius 1 is 1.05 bits per heavy atom. The number of hydrogen-bond acceptors (Lipinski definition) is 3. The molecular weight excluding hydrogens is 265 g/mol. The van der Waals surface area contributed by atoms with Gasteiger partial charge in [0.15, 0.2) is 9.84 Å². The molecule has 3 nitrogen and oxygen atoms in total. The van der Waals surface area contributed by atoms with Crippen LogP contribution in [0.2, 0.25) is 0 Å². The zero-order valence-corrected chi connectivity index (χ0v) is 11.0. The molecule has 2 N–H and O–H groups in total. The molecule has 0 saturated heterocycles. The van der Waals surface area contributed by atoms with E-state index in [1.54, 1.807) is 0 Å². The number of halogens is 1. The van der Waals surface area contributed by atoms with Crippen LogP contribution in [0.3, 0.4) is 0 Å². The molecular formula is C14H14FNO2S. The van der Waals surface area contributed by atoms with Crippen LogP contribution in [0.15, 0.2) is 53.4 Å². The van der Waals surface area contributed by atoms with Gasteiger partial charge in [-0.2, -0.15) is 0 Å².